The van der Waals surface area contributed by atoms with Gasteiger partial charge in [-0.05, 0) is 24.0 Å². The normalized spacial score (nSPS) is 12.3. The van der Waals surface area contributed by atoms with E-state index in [4.69, 9.17) is 4.42 Å². The molecule has 80 valence electrons. The molecule has 1 aromatic carbocycles. The summed E-state index contributed by atoms with van der Waals surface area (Å²) in [6.45, 7) is 8.85. The summed E-state index contributed by atoms with van der Waals surface area (Å²) in [4.78, 5) is 0. The topological polar surface area (TPSA) is 13.1 Å². The molecule has 1 heteroatoms. The lowest BCUT2D eigenvalue weighted by atomic mass is 9.90. The molecule has 2 aromatic rings. The monoisotopic (exact) mass is 202 g/mol. The van der Waals surface area contributed by atoms with Crippen molar-refractivity contribution in [2.75, 3.05) is 0 Å². The van der Waals surface area contributed by atoms with Crippen LogP contribution in [0, 0.1) is 12.3 Å². The average molecular weight is 202 g/mol. The van der Waals surface area contributed by atoms with Crippen LogP contribution < -0.4 is 0 Å². The van der Waals surface area contributed by atoms with Gasteiger partial charge in [-0.15, -0.1) is 0 Å². The first-order chi connectivity index (χ1) is 6.97. The Morgan fingerprint density at radius 1 is 1.13 bits per heavy atom. The van der Waals surface area contributed by atoms with Crippen LogP contribution in [0.3, 0.4) is 0 Å². The summed E-state index contributed by atoms with van der Waals surface area (Å²) >= 11 is 0. The van der Waals surface area contributed by atoms with Crippen LogP contribution in [0.4, 0.5) is 0 Å². The summed E-state index contributed by atoms with van der Waals surface area (Å²) < 4.78 is 5.87. The molecule has 0 N–H and O–H groups in total. The molecule has 0 aliphatic carbocycles. The van der Waals surface area contributed by atoms with Crippen molar-refractivity contribution >= 4 is 11.0 Å². The summed E-state index contributed by atoms with van der Waals surface area (Å²) in [6.07, 6.45) is 0.994. The van der Waals surface area contributed by atoms with Crippen molar-refractivity contribution in [2.45, 2.75) is 34.1 Å². The molecule has 1 heterocycles. The van der Waals surface area contributed by atoms with Gasteiger partial charge in [0.05, 0.1) is 0 Å². The van der Waals surface area contributed by atoms with Crippen LogP contribution in [0.1, 0.15) is 32.1 Å². The highest BCUT2D eigenvalue weighted by Gasteiger charge is 2.17. The highest BCUT2D eigenvalue weighted by atomic mass is 16.3. The molecule has 0 spiro atoms. The van der Waals surface area contributed by atoms with Crippen molar-refractivity contribution in [1.29, 1.82) is 0 Å². The average Bonchev–Trinajstić information content (AvgIpc) is 2.42. The quantitative estimate of drug-likeness (QED) is 0.670. The van der Waals surface area contributed by atoms with E-state index < -0.39 is 0 Å². The van der Waals surface area contributed by atoms with Crippen molar-refractivity contribution in [3.8, 4) is 0 Å². The molecule has 0 radical (unpaired) electrons. The lowest BCUT2D eigenvalue weighted by Crippen LogP contribution is -2.09. The van der Waals surface area contributed by atoms with E-state index in [9.17, 15) is 0 Å². The van der Waals surface area contributed by atoms with Gasteiger partial charge in [-0.25, -0.2) is 0 Å². The molecule has 15 heavy (non-hydrogen) atoms. The molecule has 0 bridgehead atoms. The highest BCUT2D eigenvalue weighted by molar-refractivity contribution is 5.81. The Labute approximate surface area is 91.1 Å². The summed E-state index contributed by atoms with van der Waals surface area (Å²) in [5.74, 6) is 1.13. The first kappa shape index (κ1) is 10.3. The molecule has 0 saturated carbocycles. The van der Waals surface area contributed by atoms with E-state index in [2.05, 4.69) is 39.8 Å². The fraction of sp³-hybridized carbons (Fsp3) is 0.429. The zero-order valence-corrected chi connectivity index (χ0v) is 9.92. The van der Waals surface area contributed by atoms with Gasteiger partial charge in [-0.3, -0.25) is 0 Å². The summed E-state index contributed by atoms with van der Waals surface area (Å²) in [5.41, 5.74) is 2.58. The van der Waals surface area contributed by atoms with Crippen molar-refractivity contribution in [1.82, 2.24) is 0 Å². The summed E-state index contributed by atoms with van der Waals surface area (Å²) in [6, 6.07) is 8.24. The first-order valence-corrected chi connectivity index (χ1v) is 5.44. The van der Waals surface area contributed by atoms with Crippen LogP contribution in [0.25, 0.3) is 11.0 Å². The third-order valence-corrected chi connectivity index (χ3v) is 2.63. The predicted molar refractivity (Wildman–Crippen MR) is 64.1 cm³/mol. The fourth-order valence-corrected chi connectivity index (χ4v) is 1.88. The van der Waals surface area contributed by atoms with Gasteiger partial charge in [0.25, 0.3) is 0 Å². The summed E-state index contributed by atoms with van der Waals surface area (Å²) in [7, 11) is 0. The Balaban J connectivity index is 2.49. The van der Waals surface area contributed by atoms with E-state index in [1.54, 1.807) is 0 Å². The van der Waals surface area contributed by atoms with Crippen LogP contribution in [0.5, 0.6) is 0 Å². The minimum absolute atomic E-state index is 0.276. The fourth-order valence-electron chi connectivity index (χ4n) is 1.88. The molecule has 0 aliphatic rings. The molecule has 0 aliphatic heterocycles. The molecular formula is C14H18O. The van der Waals surface area contributed by atoms with Crippen LogP contribution in [0.15, 0.2) is 28.7 Å². The number of rotatable bonds is 1. The van der Waals surface area contributed by atoms with Gasteiger partial charge in [-0.1, -0.05) is 39.0 Å². The highest BCUT2D eigenvalue weighted by Crippen LogP contribution is 2.30. The van der Waals surface area contributed by atoms with Gasteiger partial charge >= 0.3 is 0 Å². The van der Waals surface area contributed by atoms with Crippen LogP contribution in [0.2, 0.25) is 0 Å². The number of furan rings is 1. The minimum atomic E-state index is 0.276. The van der Waals surface area contributed by atoms with E-state index in [1.807, 2.05) is 12.1 Å². The Hall–Kier alpha value is -1.24. The van der Waals surface area contributed by atoms with E-state index in [0.717, 1.165) is 17.8 Å². The molecule has 1 aromatic heterocycles. The van der Waals surface area contributed by atoms with Gasteiger partial charge in [0.15, 0.2) is 0 Å². The van der Waals surface area contributed by atoms with Crippen molar-refractivity contribution in [3.63, 3.8) is 0 Å². The maximum Gasteiger partial charge on any atom is 0.134 e. The Kier molecular flexibility index (Phi) is 2.34. The Morgan fingerprint density at radius 3 is 2.40 bits per heavy atom. The largest absolute Gasteiger partial charge is 0.461 e. The van der Waals surface area contributed by atoms with Crippen molar-refractivity contribution < 1.29 is 4.42 Å². The molecule has 0 saturated heterocycles. The second kappa shape index (κ2) is 3.41. The molecular weight excluding hydrogens is 184 g/mol. The standard InChI is InChI=1S/C14H18O/c1-10-11-7-5-6-8-12(11)15-13(10)9-14(2,3)4/h5-8H,9H2,1-4H3. The minimum Gasteiger partial charge on any atom is -0.461 e. The van der Waals surface area contributed by atoms with E-state index in [1.165, 1.54) is 10.9 Å². The number of benzene rings is 1. The third kappa shape index (κ3) is 2.06. The van der Waals surface area contributed by atoms with Gasteiger partial charge in [0, 0.05) is 11.8 Å². The van der Waals surface area contributed by atoms with Gasteiger partial charge in [0.1, 0.15) is 11.3 Å². The van der Waals surface area contributed by atoms with E-state index in [0.29, 0.717) is 0 Å². The lowest BCUT2D eigenvalue weighted by Gasteiger charge is -2.16. The van der Waals surface area contributed by atoms with E-state index in [-0.39, 0.29) is 5.41 Å². The second-order valence-electron chi connectivity index (χ2n) is 5.38. The molecule has 1 nitrogen and oxygen atoms in total. The molecule has 0 atom stereocenters. The smallest absolute Gasteiger partial charge is 0.134 e. The number of fused-ring (bicyclic) bond motifs is 1. The van der Waals surface area contributed by atoms with Gasteiger partial charge in [0.2, 0.25) is 0 Å². The lowest BCUT2D eigenvalue weighted by molar-refractivity contribution is 0.369. The molecule has 0 unspecified atom stereocenters. The molecule has 0 fully saturated rings. The van der Waals surface area contributed by atoms with Crippen LogP contribution in [-0.4, -0.2) is 0 Å². The van der Waals surface area contributed by atoms with Crippen LogP contribution in [-0.2, 0) is 6.42 Å². The zero-order valence-electron chi connectivity index (χ0n) is 9.92. The second-order valence-corrected chi connectivity index (χ2v) is 5.38. The SMILES string of the molecule is Cc1c(CC(C)(C)C)oc2ccccc12. The number of hydrogen-bond acceptors (Lipinski definition) is 1. The summed E-state index contributed by atoms with van der Waals surface area (Å²) in [5, 5.41) is 1.25. The van der Waals surface area contributed by atoms with Gasteiger partial charge in [-0.2, -0.15) is 0 Å². The Bertz CT molecular complexity index is 472. The molecule has 0 amide bonds. The number of aryl methyl sites for hydroxylation is 1. The maximum absolute atomic E-state index is 5.87. The maximum atomic E-state index is 5.87. The van der Waals surface area contributed by atoms with E-state index >= 15 is 0 Å². The number of para-hydroxylation sites is 1. The third-order valence-electron chi connectivity index (χ3n) is 2.63. The van der Waals surface area contributed by atoms with Crippen molar-refractivity contribution in [2.24, 2.45) is 5.41 Å². The number of hydrogen-bond donors (Lipinski definition) is 0. The van der Waals surface area contributed by atoms with Gasteiger partial charge < -0.3 is 4.42 Å². The first-order valence-electron chi connectivity index (χ1n) is 5.44. The predicted octanol–water partition coefficient (Wildman–Crippen LogP) is 4.33. The Morgan fingerprint density at radius 2 is 1.80 bits per heavy atom. The van der Waals surface area contributed by atoms with Crippen molar-refractivity contribution in [3.05, 3.63) is 35.6 Å². The van der Waals surface area contributed by atoms with Crippen LogP contribution >= 0.6 is 0 Å². The molecule has 2 rings (SSSR count). The zero-order chi connectivity index (χ0) is 11.1.